The molecule has 0 aliphatic heterocycles. The van der Waals surface area contributed by atoms with Crippen molar-refractivity contribution in [2.75, 3.05) is 12.4 Å². The maximum absolute atomic E-state index is 5.21. The third-order valence-electron chi connectivity index (χ3n) is 3.40. The maximum atomic E-state index is 5.21. The highest BCUT2D eigenvalue weighted by Crippen LogP contribution is 2.25. The van der Waals surface area contributed by atoms with Crippen molar-refractivity contribution in [1.29, 1.82) is 0 Å². The molecule has 1 aliphatic rings. The number of anilines is 1. The molecule has 0 saturated heterocycles. The normalized spacial score (nSPS) is 17.1. The molecule has 1 fully saturated rings. The summed E-state index contributed by atoms with van der Waals surface area (Å²) in [6, 6.07) is 6.91. The van der Waals surface area contributed by atoms with Gasteiger partial charge >= 0.3 is 0 Å². The van der Waals surface area contributed by atoms with Crippen LogP contribution in [0.4, 0.5) is 5.69 Å². The van der Waals surface area contributed by atoms with Gasteiger partial charge in [0.25, 0.3) is 0 Å². The lowest BCUT2D eigenvalue weighted by molar-refractivity contribution is 0.414. The van der Waals surface area contributed by atoms with Gasteiger partial charge in [-0.1, -0.05) is 19.3 Å². The van der Waals surface area contributed by atoms with Crippen LogP contribution < -0.4 is 10.1 Å². The summed E-state index contributed by atoms with van der Waals surface area (Å²) in [5.41, 5.74) is 2.53. The minimum absolute atomic E-state index is 0.667. The molecular formula is C14H21NO. The molecule has 1 saturated carbocycles. The van der Waals surface area contributed by atoms with Crippen LogP contribution in [0.5, 0.6) is 5.75 Å². The van der Waals surface area contributed by atoms with E-state index in [0.29, 0.717) is 6.04 Å². The molecule has 2 heteroatoms. The minimum Gasteiger partial charge on any atom is -0.497 e. The summed E-state index contributed by atoms with van der Waals surface area (Å²) < 4.78 is 5.21. The Hall–Kier alpha value is -1.18. The number of methoxy groups -OCH3 is 1. The summed E-state index contributed by atoms with van der Waals surface area (Å²) in [5, 5.41) is 3.64. The third kappa shape index (κ3) is 2.69. The second-order valence-corrected chi connectivity index (χ2v) is 4.66. The summed E-state index contributed by atoms with van der Waals surface area (Å²) >= 11 is 0. The van der Waals surface area contributed by atoms with E-state index in [2.05, 4.69) is 24.4 Å². The van der Waals surface area contributed by atoms with Gasteiger partial charge in [-0.05, 0) is 43.5 Å². The van der Waals surface area contributed by atoms with Crippen molar-refractivity contribution in [1.82, 2.24) is 0 Å². The monoisotopic (exact) mass is 219 g/mol. The number of nitrogens with one attached hydrogen (secondary N) is 1. The van der Waals surface area contributed by atoms with Crippen molar-refractivity contribution >= 4 is 5.69 Å². The van der Waals surface area contributed by atoms with Crippen LogP contribution in [0.2, 0.25) is 0 Å². The molecule has 0 radical (unpaired) electrons. The van der Waals surface area contributed by atoms with Gasteiger partial charge in [-0.2, -0.15) is 0 Å². The molecule has 0 aromatic heterocycles. The molecule has 88 valence electrons. The summed E-state index contributed by atoms with van der Waals surface area (Å²) in [4.78, 5) is 0. The summed E-state index contributed by atoms with van der Waals surface area (Å²) in [7, 11) is 1.71. The topological polar surface area (TPSA) is 21.3 Å². The first-order chi connectivity index (χ1) is 7.79. The molecule has 1 aromatic rings. The molecule has 0 bridgehead atoms. The van der Waals surface area contributed by atoms with Crippen LogP contribution >= 0.6 is 0 Å². The number of aryl methyl sites for hydroxylation is 1. The van der Waals surface area contributed by atoms with Gasteiger partial charge in [0.1, 0.15) is 5.75 Å². The Morgan fingerprint density at radius 2 is 1.94 bits per heavy atom. The molecule has 1 aliphatic carbocycles. The van der Waals surface area contributed by atoms with Gasteiger partial charge in [0.05, 0.1) is 7.11 Å². The molecule has 0 heterocycles. The van der Waals surface area contributed by atoms with Gasteiger partial charge in [0.15, 0.2) is 0 Å². The van der Waals surface area contributed by atoms with E-state index in [1.54, 1.807) is 7.11 Å². The molecular weight excluding hydrogens is 198 g/mol. The zero-order valence-corrected chi connectivity index (χ0v) is 10.3. The van der Waals surface area contributed by atoms with E-state index in [1.165, 1.54) is 43.4 Å². The Morgan fingerprint density at radius 1 is 1.19 bits per heavy atom. The fraction of sp³-hybridized carbons (Fsp3) is 0.571. The maximum Gasteiger partial charge on any atom is 0.119 e. The van der Waals surface area contributed by atoms with E-state index in [0.717, 1.165) is 5.75 Å². The molecule has 0 unspecified atom stereocenters. The second kappa shape index (κ2) is 5.24. The lowest BCUT2D eigenvalue weighted by Crippen LogP contribution is -2.22. The summed E-state index contributed by atoms with van der Waals surface area (Å²) in [6.07, 6.45) is 6.76. The number of ether oxygens (including phenoxy) is 1. The number of hydrogen-bond acceptors (Lipinski definition) is 2. The van der Waals surface area contributed by atoms with Crippen molar-refractivity contribution < 1.29 is 4.74 Å². The van der Waals surface area contributed by atoms with E-state index < -0.39 is 0 Å². The van der Waals surface area contributed by atoms with Crippen LogP contribution in [0.15, 0.2) is 18.2 Å². The predicted octanol–water partition coefficient (Wildman–Crippen LogP) is 3.75. The van der Waals surface area contributed by atoms with E-state index in [-0.39, 0.29) is 0 Å². The third-order valence-corrected chi connectivity index (χ3v) is 3.40. The fourth-order valence-corrected chi connectivity index (χ4v) is 2.39. The molecule has 0 spiro atoms. The molecule has 1 N–H and O–H groups in total. The zero-order valence-electron chi connectivity index (χ0n) is 10.3. The van der Waals surface area contributed by atoms with Crippen LogP contribution in [0.25, 0.3) is 0 Å². The first-order valence-electron chi connectivity index (χ1n) is 6.21. The van der Waals surface area contributed by atoms with Crippen LogP contribution in [-0.4, -0.2) is 13.2 Å². The average Bonchev–Trinajstić information content (AvgIpc) is 2.33. The van der Waals surface area contributed by atoms with E-state index in [4.69, 9.17) is 4.74 Å². The minimum atomic E-state index is 0.667. The Bertz CT molecular complexity index is 343. The molecule has 0 amide bonds. The van der Waals surface area contributed by atoms with E-state index in [9.17, 15) is 0 Å². The molecule has 16 heavy (non-hydrogen) atoms. The van der Waals surface area contributed by atoms with Gasteiger partial charge in [0, 0.05) is 11.7 Å². The molecule has 2 rings (SSSR count). The Kier molecular flexibility index (Phi) is 3.70. The van der Waals surface area contributed by atoms with Gasteiger partial charge in [0.2, 0.25) is 0 Å². The lowest BCUT2D eigenvalue weighted by atomic mass is 9.95. The lowest BCUT2D eigenvalue weighted by Gasteiger charge is -2.24. The number of hydrogen-bond donors (Lipinski definition) is 1. The predicted molar refractivity (Wildman–Crippen MR) is 68.2 cm³/mol. The number of rotatable bonds is 3. The van der Waals surface area contributed by atoms with Crippen LogP contribution in [0, 0.1) is 6.92 Å². The van der Waals surface area contributed by atoms with Gasteiger partial charge < -0.3 is 10.1 Å². The smallest absolute Gasteiger partial charge is 0.119 e. The highest BCUT2D eigenvalue weighted by molar-refractivity contribution is 5.54. The average molecular weight is 219 g/mol. The Morgan fingerprint density at radius 3 is 2.56 bits per heavy atom. The van der Waals surface area contributed by atoms with Crippen molar-refractivity contribution in [3.05, 3.63) is 23.8 Å². The van der Waals surface area contributed by atoms with E-state index >= 15 is 0 Å². The fourth-order valence-electron chi connectivity index (χ4n) is 2.39. The Labute approximate surface area is 98.0 Å². The first-order valence-corrected chi connectivity index (χ1v) is 6.21. The van der Waals surface area contributed by atoms with Crippen molar-refractivity contribution in [3.63, 3.8) is 0 Å². The molecule has 2 nitrogen and oxygen atoms in total. The van der Waals surface area contributed by atoms with Gasteiger partial charge in [-0.3, -0.25) is 0 Å². The van der Waals surface area contributed by atoms with Gasteiger partial charge in [-0.15, -0.1) is 0 Å². The van der Waals surface area contributed by atoms with E-state index in [1.807, 2.05) is 6.07 Å². The summed E-state index contributed by atoms with van der Waals surface area (Å²) in [6.45, 7) is 2.13. The van der Waals surface area contributed by atoms with Crippen LogP contribution in [0.1, 0.15) is 37.7 Å². The standard InChI is InChI=1S/C14H21NO/c1-11-10-13(16-2)8-9-14(11)15-12-6-4-3-5-7-12/h8-10,12,15H,3-7H2,1-2H3. The molecule has 0 atom stereocenters. The Balaban J connectivity index is 2.03. The van der Waals surface area contributed by atoms with Crippen molar-refractivity contribution in [2.24, 2.45) is 0 Å². The summed E-state index contributed by atoms with van der Waals surface area (Å²) in [5.74, 6) is 0.937. The highest BCUT2D eigenvalue weighted by atomic mass is 16.5. The zero-order chi connectivity index (χ0) is 11.4. The number of benzene rings is 1. The van der Waals surface area contributed by atoms with Crippen molar-refractivity contribution in [2.45, 2.75) is 45.1 Å². The van der Waals surface area contributed by atoms with Gasteiger partial charge in [-0.25, -0.2) is 0 Å². The van der Waals surface area contributed by atoms with Crippen LogP contribution in [-0.2, 0) is 0 Å². The van der Waals surface area contributed by atoms with Crippen molar-refractivity contribution in [3.8, 4) is 5.75 Å². The highest BCUT2D eigenvalue weighted by Gasteiger charge is 2.13. The molecule has 1 aromatic carbocycles. The largest absolute Gasteiger partial charge is 0.497 e. The SMILES string of the molecule is COc1ccc(NC2CCCCC2)c(C)c1. The second-order valence-electron chi connectivity index (χ2n) is 4.66. The quantitative estimate of drug-likeness (QED) is 0.836. The first kappa shape index (κ1) is 11.3. The van der Waals surface area contributed by atoms with Crippen LogP contribution in [0.3, 0.4) is 0 Å².